The van der Waals surface area contributed by atoms with Crippen molar-refractivity contribution in [3.63, 3.8) is 0 Å². The van der Waals surface area contributed by atoms with Crippen LogP contribution in [0.4, 0.5) is 0 Å². The third-order valence-electron chi connectivity index (χ3n) is 6.49. The first-order chi connectivity index (χ1) is 15.5. The zero-order valence-corrected chi connectivity index (χ0v) is 19.4. The van der Waals surface area contributed by atoms with E-state index in [-0.39, 0.29) is 11.9 Å². The van der Waals surface area contributed by atoms with Crippen LogP contribution in [0.25, 0.3) is 0 Å². The first kappa shape index (κ1) is 22.1. The minimum absolute atomic E-state index is 0.0827. The quantitative estimate of drug-likeness (QED) is 0.603. The summed E-state index contributed by atoms with van der Waals surface area (Å²) in [7, 11) is 1.71. The molecule has 6 heteroatoms. The van der Waals surface area contributed by atoms with Crippen LogP contribution in [0.3, 0.4) is 0 Å². The van der Waals surface area contributed by atoms with E-state index in [1.54, 1.807) is 13.4 Å². The number of amides is 1. The molecule has 0 radical (unpaired) electrons. The van der Waals surface area contributed by atoms with E-state index in [1.807, 2.05) is 36.9 Å². The Bertz CT molecular complexity index is 1070. The zero-order valence-electron chi connectivity index (χ0n) is 19.4. The fourth-order valence-corrected chi connectivity index (χ4v) is 4.58. The van der Waals surface area contributed by atoms with Gasteiger partial charge in [-0.1, -0.05) is 18.2 Å². The Hall–Kier alpha value is -3.12. The van der Waals surface area contributed by atoms with E-state index >= 15 is 0 Å². The van der Waals surface area contributed by atoms with Crippen LogP contribution < -0.4 is 4.74 Å². The molecule has 0 unspecified atom stereocenters. The predicted molar refractivity (Wildman–Crippen MR) is 126 cm³/mol. The Morgan fingerprint density at radius 2 is 1.94 bits per heavy atom. The van der Waals surface area contributed by atoms with Gasteiger partial charge in [0, 0.05) is 37.4 Å². The monoisotopic (exact) mass is 432 g/mol. The highest BCUT2D eigenvalue weighted by atomic mass is 16.5. The topological polar surface area (TPSA) is 61.5 Å². The molecule has 1 aliphatic rings. The fourth-order valence-electron chi connectivity index (χ4n) is 4.58. The molecule has 0 saturated carbocycles. The summed E-state index contributed by atoms with van der Waals surface area (Å²) in [4.78, 5) is 24.8. The Labute approximate surface area is 190 Å². The maximum Gasteiger partial charge on any atom is 0.253 e. The molecule has 4 rings (SSSR count). The van der Waals surface area contributed by atoms with Crippen LogP contribution in [-0.2, 0) is 13.0 Å². The van der Waals surface area contributed by atoms with Gasteiger partial charge in [-0.05, 0) is 68.1 Å². The summed E-state index contributed by atoms with van der Waals surface area (Å²) in [6.07, 6.45) is 2.72. The molecule has 0 bridgehead atoms. The van der Waals surface area contributed by atoms with E-state index in [0.29, 0.717) is 13.1 Å². The fraction of sp³-hybridized carbons (Fsp3) is 0.385. The normalized spacial score (nSPS) is 15.9. The number of fused-ring (bicyclic) bond motifs is 1. The largest absolute Gasteiger partial charge is 0.497 e. The summed E-state index contributed by atoms with van der Waals surface area (Å²) in [5.41, 5.74) is 6.68. The van der Waals surface area contributed by atoms with Crippen molar-refractivity contribution < 1.29 is 9.53 Å². The number of carbonyl (C=O) groups excluding carboxylic acids is 1. The molecule has 2 aromatic carbocycles. The number of hydrogen-bond acceptors (Lipinski definition) is 4. The standard InChI is InChI=1S/C26H32N4O2/c1-5-29(6-2)26(31)20-9-7-19(8-10-20)25-23-12-11-22(32-4)15-21(23)13-14-30(25)16-24-18(3)27-17-28-24/h7-12,15,17,25H,5-6,13-14,16H2,1-4H3,(H,27,28)/t25-/m0/s1. The first-order valence-corrected chi connectivity index (χ1v) is 11.3. The van der Waals surface area contributed by atoms with Crippen LogP contribution in [0.5, 0.6) is 5.75 Å². The lowest BCUT2D eigenvalue weighted by atomic mass is 9.87. The molecule has 6 nitrogen and oxygen atoms in total. The first-order valence-electron chi connectivity index (χ1n) is 11.3. The van der Waals surface area contributed by atoms with Crippen molar-refractivity contribution in [3.8, 4) is 5.75 Å². The SMILES string of the molecule is CCN(CC)C(=O)c1ccc([C@H]2c3ccc(OC)cc3CCN2Cc2nc[nH]c2C)cc1. The predicted octanol–water partition coefficient (Wildman–Crippen LogP) is 4.36. The van der Waals surface area contributed by atoms with E-state index in [0.717, 1.165) is 42.2 Å². The minimum Gasteiger partial charge on any atom is -0.497 e. The molecular weight excluding hydrogens is 400 g/mol. The van der Waals surface area contributed by atoms with Gasteiger partial charge >= 0.3 is 0 Å². The van der Waals surface area contributed by atoms with Crippen molar-refractivity contribution in [2.75, 3.05) is 26.7 Å². The Balaban J connectivity index is 1.70. The lowest BCUT2D eigenvalue weighted by molar-refractivity contribution is 0.0773. The number of nitrogens with one attached hydrogen (secondary N) is 1. The molecule has 0 spiro atoms. The highest BCUT2D eigenvalue weighted by molar-refractivity contribution is 5.94. The van der Waals surface area contributed by atoms with Crippen molar-refractivity contribution in [2.45, 2.75) is 39.8 Å². The number of nitrogens with zero attached hydrogens (tertiary/aromatic N) is 3. The number of benzene rings is 2. The third kappa shape index (κ3) is 4.28. The summed E-state index contributed by atoms with van der Waals surface area (Å²) in [6.45, 7) is 9.21. The van der Waals surface area contributed by atoms with E-state index in [1.165, 1.54) is 16.7 Å². The highest BCUT2D eigenvalue weighted by Gasteiger charge is 2.30. The number of rotatable bonds is 7. The molecule has 1 aromatic heterocycles. The van der Waals surface area contributed by atoms with E-state index < -0.39 is 0 Å². The molecule has 168 valence electrons. The second-order valence-corrected chi connectivity index (χ2v) is 8.26. The third-order valence-corrected chi connectivity index (χ3v) is 6.49. The van der Waals surface area contributed by atoms with E-state index in [4.69, 9.17) is 4.74 Å². The van der Waals surface area contributed by atoms with Gasteiger partial charge in [0.25, 0.3) is 5.91 Å². The van der Waals surface area contributed by atoms with Gasteiger partial charge in [-0.2, -0.15) is 0 Å². The molecule has 0 fully saturated rings. The molecule has 1 amide bonds. The van der Waals surface area contributed by atoms with Gasteiger partial charge in [-0.15, -0.1) is 0 Å². The zero-order chi connectivity index (χ0) is 22.7. The summed E-state index contributed by atoms with van der Waals surface area (Å²) >= 11 is 0. The molecule has 0 saturated heterocycles. The van der Waals surface area contributed by atoms with Crippen molar-refractivity contribution >= 4 is 5.91 Å². The van der Waals surface area contributed by atoms with Gasteiger partial charge < -0.3 is 14.6 Å². The van der Waals surface area contributed by atoms with Crippen LogP contribution >= 0.6 is 0 Å². The lowest BCUT2D eigenvalue weighted by Crippen LogP contribution is -2.36. The Morgan fingerprint density at radius 1 is 1.19 bits per heavy atom. The van der Waals surface area contributed by atoms with Crippen LogP contribution in [0.2, 0.25) is 0 Å². The van der Waals surface area contributed by atoms with Gasteiger partial charge in [0.2, 0.25) is 0 Å². The maximum absolute atomic E-state index is 12.8. The number of carbonyl (C=O) groups is 1. The number of ether oxygens (including phenoxy) is 1. The number of H-pyrrole nitrogens is 1. The van der Waals surface area contributed by atoms with Crippen molar-refractivity contribution in [3.05, 3.63) is 82.4 Å². The van der Waals surface area contributed by atoms with Crippen LogP contribution in [0, 0.1) is 6.92 Å². The van der Waals surface area contributed by atoms with Crippen LogP contribution in [0.1, 0.15) is 58.3 Å². The number of imidazole rings is 1. The number of aromatic amines is 1. The molecule has 1 aliphatic heterocycles. The molecule has 0 aliphatic carbocycles. The summed E-state index contributed by atoms with van der Waals surface area (Å²) < 4.78 is 5.46. The van der Waals surface area contributed by atoms with Gasteiger partial charge in [0.15, 0.2) is 0 Å². The second-order valence-electron chi connectivity index (χ2n) is 8.26. The van der Waals surface area contributed by atoms with E-state index in [2.05, 4.69) is 46.1 Å². The van der Waals surface area contributed by atoms with Gasteiger partial charge in [0.1, 0.15) is 5.75 Å². The molecule has 32 heavy (non-hydrogen) atoms. The average Bonchev–Trinajstić information content (AvgIpc) is 3.23. The molecule has 1 N–H and O–H groups in total. The average molecular weight is 433 g/mol. The highest BCUT2D eigenvalue weighted by Crippen LogP contribution is 2.37. The van der Waals surface area contributed by atoms with Crippen molar-refractivity contribution in [1.29, 1.82) is 0 Å². The smallest absolute Gasteiger partial charge is 0.253 e. The number of methoxy groups -OCH3 is 1. The molecule has 3 aromatic rings. The summed E-state index contributed by atoms with van der Waals surface area (Å²) in [6, 6.07) is 14.6. The number of aryl methyl sites for hydroxylation is 1. The van der Waals surface area contributed by atoms with Crippen molar-refractivity contribution in [1.82, 2.24) is 19.8 Å². The minimum atomic E-state index is 0.0827. The maximum atomic E-state index is 12.8. The molecule has 1 atom stereocenters. The summed E-state index contributed by atoms with van der Waals surface area (Å²) in [5.74, 6) is 0.971. The Kier molecular flexibility index (Phi) is 6.61. The van der Waals surface area contributed by atoms with Gasteiger partial charge in [-0.25, -0.2) is 4.98 Å². The van der Waals surface area contributed by atoms with E-state index in [9.17, 15) is 4.79 Å². The lowest BCUT2D eigenvalue weighted by Gasteiger charge is -2.37. The second kappa shape index (κ2) is 9.57. The Morgan fingerprint density at radius 3 is 2.56 bits per heavy atom. The van der Waals surface area contributed by atoms with Gasteiger partial charge in [0.05, 0.1) is 25.2 Å². The van der Waals surface area contributed by atoms with Gasteiger partial charge in [-0.3, -0.25) is 9.69 Å². The summed E-state index contributed by atoms with van der Waals surface area (Å²) in [5, 5.41) is 0. The number of aromatic nitrogens is 2. The number of hydrogen-bond donors (Lipinski definition) is 1. The van der Waals surface area contributed by atoms with Crippen molar-refractivity contribution in [2.24, 2.45) is 0 Å². The van der Waals surface area contributed by atoms with Crippen LogP contribution in [0.15, 0.2) is 48.8 Å². The molecule has 2 heterocycles. The molecular formula is C26H32N4O2. The van der Waals surface area contributed by atoms with Crippen LogP contribution in [-0.4, -0.2) is 52.4 Å².